The largest absolute Gasteiger partial charge is 0.507 e. The number of amides is 2. The highest BCUT2D eigenvalue weighted by Crippen LogP contribution is 2.36. The summed E-state index contributed by atoms with van der Waals surface area (Å²) in [4.78, 5) is 28.6. The number of carbonyl (C=O) groups is 2. The SMILES string of the molecule is Cc1ccc(O)c(C(=O)N2C(C(=O)N(C)C)C[C@@H]3OCC[C@@H]32)c1. The fraction of sp³-hybridized carbons (Fsp3) is 0.529. The third kappa shape index (κ3) is 2.67. The minimum Gasteiger partial charge on any atom is -0.507 e. The number of benzene rings is 1. The van der Waals surface area contributed by atoms with E-state index in [-0.39, 0.29) is 35.3 Å². The van der Waals surface area contributed by atoms with E-state index in [1.54, 1.807) is 31.1 Å². The Morgan fingerprint density at radius 3 is 2.78 bits per heavy atom. The molecule has 0 saturated carbocycles. The molecule has 2 aliphatic rings. The predicted octanol–water partition coefficient (Wildman–Crippen LogP) is 1.16. The molecule has 0 aromatic heterocycles. The third-order valence-corrected chi connectivity index (χ3v) is 4.67. The molecule has 1 aromatic rings. The fourth-order valence-electron chi connectivity index (χ4n) is 3.52. The lowest BCUT2D eigenvalue weighted by Crippen LogP contribution is -2.48. The van der Waals surface area contributed by atoms with Gasteiger partial charge in [0, 0.05) is 27.1 Å². The van der Waals surface area contributed by atoms with Crippen LogP contribution < -0.4 is 0 Å². The number of fused-ring (bicyclic) bond motifs is 1. The van der Waals surface area contributed by atoms with Crippen molar-refractivity contribution in [2.45, 2.75) is 38.0 Å². The molecular weight excluding hydrogens is 296 g/mol. The molecule has 2 amide bonds. The van der Waals surface area contributed by atoms with Crippen LogP contribution >= 0.6 is 0 Å². The molecule has 23 heavy (non-hydrogen) atoms. The van der Waals surface area contributed by atoms with E-state index in [0.717, 1.165) is 12.0 Å². The van der Waals surface area contributed by atoms with Gasteiger partial charge in [0.2, 0.25) is 5.91 Å². The van der Waals surface area contributed by atoms with Crippen LogP contribution in [0.2, 0.25) is 0 Å². The summed E-state index contributed by atoms with van der Waals surface area (Å²) in [5.41, 5.74) is 1.13. The predicted molar refractivity (Wildman–Crippen MR) is 84.3 cm³/mol. The molecule has 124 valence electrons. The van der Waals surface area contributed by atoms with E-state index in [4.69, 9.17) is 4.74 Å². The molecule has 2 heterocycles. The van der Waals surface area contributed by atoms with Crippen LogP contribution in [-0.4, -0.2) is 65.6 Å². The molecule has 3 atom stereocenters. The summed E-state index contributed by atoms with van der Waals surface area (Å²) >= 11 is 0. The van der Waals surface area contributed by atoms with Gasteiger partial charge >= 0.3 is 0 Å². The second-order valence-electron chi connectivity index (χ2n) is 6.48. The molecule has 0 aliphatic carbocycles. The van der Waals surface area contributed by atoms with E-state index < -0.39 is 6.04 Å². The molecule has 2 aliphatic heterocycles. The number of aromatic hydroxyl groups is 1. The first-order chi connectivity index (χ1) is 10.9. The second-order valence-corrected chi connectivity index (χ2v) is 6.48. The lowest BCUT2D eigenvalue weighted by Gasteiger charge is -2.30. The van der Waals surface area contributed by atoms with Crippen molar-refractivity contribution in [2.24, 2.45) is 0 Å². The lowest BCUT2D eigenvalue weighted by atomic mass is 10.1. The zero-order valence-electron chi connectivity index (χ0n) is 13.7. The van der Waals surface area contributed by atoms with Crippen LogP contribution in [0.15, 0.2) is 18.2 Å². The van der Waals surface area contributed by atoms with Gasteiger partial charge in [0.25, 0.3) is 5.91 Å². The van der Waals surface area contributed by atoms with Crippen LogP contribution in [0.5, 0.6) is 5.75 Å². The molecule has 2 saturated heterocycles. The molecule has 2 fully saturated rings. The minimum atomic E-state index is -0.535. The molecule has 1 N–H and O–H groups in total. The van der Waals surface area contributed by atoms with E-state index in [1.807, 2.05) is 6.92 Å². The van der Waals surface area contributed by atoms with Gasteiger partial charge in [0.15, 0.2) is 0 Å². The molecule has 0 spiro atoms. The highest BCUT2D eigenvalue weighted by molar-refractivity contribution is 6.00. The maximum atomic E-state index is 13.0. The highest BCUT2D eigenvalue weighted by atomic mass is 16.5. The molecule has 0 radical (unpaired) electrons. The lowest BCUT2D eigenvalue weighted by molar-refractivity contribution is -0.133. The smallest absolute Gasteiger partial charge is 0.258 e. The Hall–Kier alpha value is -2.08. The number of phenols is 1. The topological polar surface area (TPSA) is 70.1 Å². The first kappa shape index (κ1) is 15.8. The van der Waals surface area contributed by atoms with E-state index in [0.29, 0.717) is 13.0 Å². The van der Waals surface area contributed by atoms with Crippen LogP contribution in [0, 0.1) is 6.92 Å². The molecule has 1 unspecified atom stereocenters. The number of phenolic OH excluding ortho intramolecular Hbond substituents is 1. The Kier molecular flexibility index (Phi) is 4.02. The van der Waals surface area contributed by atoms with Crippen LogP contribution in [0.1, 0.15) is 28.8 Å². The maximum Gasteiger partial charge on any atom is 0.258 e. The number of likely N-dealkylation sites (tertiary alicyclic amines) is 1. The average Bonchev–Trinajstić information content (AvgIpc) is 3.08. The number of aryl methyl sites for hydroxylation is 1. The Balaban J connectivity index is 1.97. The second kappa shape index (κ2) is 5.85. The van der Waals surface area contributed by atoms with Gasteiger partial charge in [0.1, 0.15) is 11.8 Å². The number of ether oxygens (including phenoxy) is 1. The van der Waals surface area contributed by atoms with Gasteiger partial charge in [-0.25, -0.2) is 0 Å². The average molecular weight is 318 g/mol. The first-order valence-electron chi connectivity index (χ1n) is 7.85. The Bertz CT molecular complexity index is 643. The normalized spacial score (nSPS) is 26.2. The third-order valence-electron chi connectivity index (χ3n) is 4.67. The van der Waals surface area contributed by atoms with Gasteiger partial charge in [-0.2, -0.15) is 0 Å². The van der Waals surface area contributed by atoms with E-state index in [2.05, 4.69) is 0 Å². The molecule has 0 bridgehead atoms. The Labute approximate surface area is 135 Å². The zero-order valence-corrected chi connectivity index (χ0v) is 13.7. The van der Waals surface area contributed by atoms with Gasteiger partial charge in [-0.1, -0.05) is 11.6 Å². The van der Waals surface area contributed by atoms with Gasteiger partial charge in [-0.05, 0) is 25.5 Å². The summed E-state index contributed by atoms with van der Waals surface area (Å²) in [6.07, 6.45) is 1.14. The molecular formula is C17H22N2O4. The molecule has 6 heteroatoms. The summed E-state index contributed by atoms with van der Waals surface area (Å²) in [6.45, 7) is 2.46. The quantitative estimate of drug-likeness (QED) is 0.888. The summed E-state index contributed by atoms with van der Waals surface area (Å²) < 4.78 is 5.68. The number of nitrogens with zero attached hydrogens (tertiary/aromatic N) is 2. The van der Waals surface area contributed by atoms with Crippen molar-refractivity contribution >= 4 is 11.8 Å². The number of carbonyl (C=O) groups excluding carboxylic acids is 2. The monoisotopic (exact) mass is 318 g/mol. The van der Waals surface area contributed by atoms with E-state index >= 15 is 0 Å². The molecule has 3 rings (SSSR count). The van der Waals surface area contributed by atoms with Crippen molar-refractivity contribution in [3.63, 3.8) is 0 Å². The maximum absolute atomic E-state index is 13.0. The summed E-state index contributed by atoms with van der Waals surface area (Å²) in [7, 11) is 3.37. The first-order valence-corrected chi connectivity index (χ1v) is 7.85. The van der Waals surface area contributed by atoms with Crippen LogP contribution in [-0.2, 0) is 9.53 Å². The molecule has 1 aromatic carbocycles. The van der Waals surface area contributed by atoms with E-state index in [1.165, 1.54) is 11.0 Å². The summed E-state index contributed by atoms with van der Waals surface area (Å²) in [5.74, 6) is -0.466. The van der Waals surface area contributed by atoms with Crippen molar-refractivity contribution in [2.75, 3.05) is 20.7 Å². The van der Waals surface area contributed by atoms with Gasteiger partial charge in [-0.15, -0.1) is 0 Å². The van der Waals surface area contributed by atoms with Gasteiger partial charge in [-0.3, -0.25) is 9.59 Å². The fourth-order valence-corrected chi connectivity index (χ4v) is 3.52. The summed E-state index contributed by atoms with van der Waals surface area (Å²) in [6, 6.07) is 4.30. The standard InChI is InChI=1S/C17H22N2O4/c1-10-4-5-14(20)11(8-10)16(21)19-12-6-7-23-15(12)9-13(19)17(22)18(2)3/h4-5,8,12-13,15,20H,6-7,9H2,1-3H3/t12-,13?,15-/m0/s1. The number of likely N-dealkylation sites (N-methyl/N-ethyl adjacent to an activating group) is 1. The van der Waals surface area contributed by atoms with Gasteiger partial charge in [0.05, 0.1) is 17.7 Å². The summed E-state index contributed by atoms with van der Waals surface area (Å²) in [5, 5.41) is 10.1. The van der Waals surface area contributed by atoms with Gasteiger partial charge < -0.3 is 19.6 Å². The minimum absolute atomic E-state index is 0.0565. The van der Waals surface area contributed by atoms with Crippen molar-refractivity contribution in [3.8, 4) is 5.75 Å². The van der Waals surface area contributed by atoms with Crippen LogP contribution in [0.3, 0.4) is 0 Å². The molecule has 6 nitrogen and oxygen atoms in total. The van der Waals surface area contributed by atoms with Crippen LogP contribution in [0.4, 0.5) is 0 Å². The van der Waals surface area contributed by atoms with Crippen molar-refractivity contribution < 1.29 is 19.4 Å². The van der Waals surface area contributed by atoms with Crippen LogP contribution in [0.25, 0.3) is 0 Å². The van der Waals surface area contributed by atoms with Crippen molar-refractivity contribution in [1.29, 1.82) is 0 Å². The van der Waals surface area contributed by atoms with Crippen molar-refractivity contribution in [1.82, 2.24) is 9.80 Å². The van der Waals surface area contributed by atoms with Crippen molar-refractivity contribution in [3.05, 3.63) is 29.3 Å². The Morgan fingerprint density at radius 1 is 1.35 bits per heavy atom. The Morgan fingerprint density at radius 2 is 2.09 bits per heavy atom. The van der Waals surface area contributed by atoms with E-state index in [9.17, 15) is 14.7 Å². The highest BCUT2D eigenvalue weighted by Gasteiger charge is 2.50. The number of rotatable bonds is 2. The number of hydrogen-bond donors (Lipinski definition) is 1. The number of hydrogen-bond acceptors (Lipinski definition) is 4. The zero-order chi connectivity index (χ0) is 16.7.